The lowest BCUT2D eigenvalue weighted by molar-refractivity contribution is 0.0955. The molecule has 5 nitrogen and oxygen atoms in total. The molecule has 0 aliphatic carbocycles. The number of amides is 1. The molecule has 0 aliphatic rings. The second-order valence-corrected chi connectivity index (χ2v) is 4.60. The lowest BCUT2D eigenvalue weighted by Gasteiger charge is -2.04. The van der Waals surface area contributed by atoms with E-state index in [-0.39, 0.29) is 5.91 Å². The third kappa shape index (κ3) is 5.00. The van der Waals surface area contributed by atoms with E-state index >= 15 is 0 Å². The summed E-state index contributed by atoms with van der Waals surface area (Å²) in [5, 5.41) is 3.94. The molecule has 0 radical (unpaired) electrons. The molecule has 5 heteroatoms. The molecule has 0 saturated carbocycles. The van der Waals surface area contributed by atoms with Crippen molar-refractivity contribution in [2.45, 2.75) is 0 Å². The summed E-state index contributed by atoms with van der Waals surface area (Å²) in [5.41, 5.74) is 3.84. The molecule has 0 heterocycles. The molecule has 0 fully saturated rings. The highest BCUT2D eigenvalue weighted by molar-refractivity contribution is 5.95. The summed E-state index contributed by atoms with van der Waals surface area (Å²) < 4.78 is 10.4. The number of hydrazone groups is 1. The van der Waals surface area contributed by atoms with Crippen molar-refractivity contribution < 1.29 is 14.3 Å². The van der Waals surface area contributed by atoms with Gasteiger partial charge in [0.15, 0.2) is 0 Å². The number of benzene rings is 2. The fraction of sp³-hybridized carbons (Fsp3) is 0.111. The van der Waals surface area contributed by atoms with E-state index in [1.54, 1.807) is 43.7 Å². The fourth-order valence-electron chi connectivity index (χ4n) is 1.78. The zero-order valence-electron chi connectivity index (χ0n) is 12.9. The number of methoxy groups -OCH3 is 1. The van der Waals surface area contributed by atoms with Gasteiger partial charge in [0.2, 0.25) is 0 Å². The largest absolute Gasteiger partial charge is 0.497 e. The van der Waals surface area contributed by atoms with Gasteiger partial charge in [-0.1, -0.05) is 12.7 Å². The van der Waals surface area contributed by atoms with Crippen LogP contribution >= 0.6 is 0 Å². The van der Waals surface area contributed by atoms with Crippen molar-refractivity contribution >= 4 is 12.1 Å². The van der Waals surface area contributed by atoms with Gasteiger partial charge in [0.25, 0.3) is 5.91 Å². The Labute approximate surface area is 135 Å². The maximum absolute atomic E-state index is 12.0. The zero-order valence-corrected chi connectivity index (χ0v) is 12.9. The van der Waals surface area contributed by atoms with Gasteiger partial charge in [-0.3, -0.25) is 4.79 Å². The second-order valence-electron chi connectivity index (χ2n) is 4.60. The van der Waals surface area contributed by atoms with Crippen molar-refractivity contribution in [3.05, 3.63) is 72.3 Å². The average Bonchev–Trinajstić information content (AvgIpc) is 2.61. The number of carbonyl (C=O) groups excluding carboxylic acids is 1. The first-order valence-electron chi connectivity index (χ1n) is 7.04. The van der Waals surface area contributed by atoms with Crippen molar-refractivity contribution in [2.75, 3.05) is 13.7 Å². The number of ether oxygens (including phenoxy) is 2. The summed E-state index contributed by atoms with van der Waals surface area (Å²) in [6.07, 6.45) is 3.23. The minimum atomic E-state index is -0.287. The smallest absolute Gasteiger partial charge is 0.271 e. The Bertz CT molecular complexity index is 676. The molecule has 0 unspecified atom stereocenters. The van der Waals surface area contributed by atoms with E-state index in [9.17, 15) is 4.79 Å². The Morgan fingerprint density at radius 1 is 1.13 bits per heavy atom. The predicted octanol–water partition coefficient (Wildman–Crippen LogP) is 3.02. The summed E-state index contributed by atoms with van der Waals surface area (Å²) in [6, 6.07) is 14.2. The van der Waals surface area contributed by atoms with Gasteiger partial charge in [0.1, 0.15) is 18.1 Å². The van der Waals surface area contributed by atoms with Gasteiger partial charge in [-0.15, -0.1) is 0 Å². The first-order valence-corrected chi connectivity index (χ1v) is 7.04. The lowest BCUT2D eigenvalue weighted by Crippen LogP contribution is -2.17. The Morgan fingerprint density at radius 3 is 2.39 bits per heavy atom. The maximum atomic E-state index is 12.0. The van der Waals surface area contributed by atoms with E-state index in [0.717, 1.165) is 11.3 Å². The molecule has 0 aliphatic heterocycles. The summed E-state index contributed by atoms with van der Waals surface area (Å²) in [7, 11) is 1.61. The van der Waals surface area contributed by atoms with Crippen molar-refractivity contribution in [3.63, 3.8) is 0 Å². The third-order valence-corrected chi connectivity index (χ3v) is 2.98. The quantitative estimate of drug-likeness (QED) is 0.486. The first-order chi connectivity index (χ1) is 11.2. The number of carbonyl (C=O) groups is 1. The Morgan fingerprint density at radius 2 is 1.78 bits per heavy atom. The standard InChI is InChI=1S/C18H18N2O3/c1-3-12-23-17-10-6-15(7-11-17)18(21)20-19-13-14-4-8-16(22-2)9-5-14/h3-11,13H,1,12H2,2H3,(H,20,21). The molecule has 0 aromatic heterocycles. The summed E-state index contributed by atoms with van der Waals surface area (Å²) >= 11 is 0. The molecular weight excluding hydrogens is 292 g/mol. The van der Waals surface area contributed by atoms with Gasteiger partial charge in [-0.25, -0.2) is 5.43 Å². The van der Waals surface area contributed by atoms with Crippen LogP contribution in [0.5, 0.6) is 11.5 Å². The lowest BCUT2D eigenvalue weighted by atomic mass is 10.2. The number of hydrogen-bond donors (Lipinski definition) is 1. The van der Waals surface area contributed by atoms with E-state index in [2.05, 4.69) is 17.1 Å². The minimum absolute atomic E-state index is 0.287. The van der Waals surface area contributed by atoms with Crippen LogP contribution in [-0.4, -0.2) is 25.8 Å². The van der Waals surface area contributed by atoms with Crippen molar-refractivity contribution in [1.29, 1.82) is 0 Å². The number of nitrogens with zero attached hydrogens (tertiary/aromatic N) is 1. The van der Waals surface area contributed by atoms with Crippen LogP contribution in [0.15, 0.2) is 66.3 Å². The van der Waals surface area contributed by atoms with Gasteiger partial charge in [0, 0.05) is 5.56 Å². The van der Waals surface area contributed by atoms with Crippen LogP contribution in [0, 0.1) is 0 Å². The molecule has 0 atom stereocenters. The Hall–Kier alpha value is -3.08. The van der Waals surface area contributed by atoms with Gasteiger partial charge >= 0.3 is 0 Å². The number of rotatable bonds is 7. The molecule has 1 amide bonds. The molecule has 0 saturated heterocycles. The van der Waals surface area contributed by atoms with Crippen LogP contribution in [0.25, 0.3) is 0 Å². The van der Waals surface area contributed by atoms with Crippen LogP contribution < -0.4 is 14.9 Å². The van der Waals surface area contributed by atoms with E-state index < -0.39 is 0 Å². The summed E-state index contributed by atoms with van der Waals surface area (Å²) in [5.74, 6) is 1.16. The van der Waals surface area contributed by atoms with E-state index in [1.807, 2.05) is 24.3 Å². The molecule has 23 heavy (non-hydrogen) atoms. The topological polar surface area (TPSA) is 59.9 Å². The Kier molecular flexibility index (Phi) is 5.94. The molecule has 2 aromatic rings. The molecule has 2 rings (SSSR count). The molecule has 0 bridgehead atoms. The summed E-state index contributed by atoms with van der Waals surface area (Å²) in [6.45, 7) is 4.01. The van der Waals surface area contributed by atoms with E-state index in [1.165, 1.54) is 0 Å². The minimum Gasteiger partial charge on any atom is -0.497 e. The molecular formula is C18H18N2O3. The average molecular weight is 310 g/mol. The van der Waals surface area contributed by atoms with Gasteiger partial charge in [-0.05, 0) is 54.1 Å². The predicted molar refractivity (Wildman–Crippen MR) is 90.2 cm³/mol. The monoisotopic (exact) mass is 310 g/mol. The van der Waals surface area contributed by atoms with Crippen molar-refractivity contribution in [1.82, 2.24) is 5.43 Å². The SMILES string of the molecule is C=CCOc1ccc(C(=O)NN=Cc2ccc(OC)cc2)cc1. The van der Waals surface area contributed by atoms with Gasteiger partial charge < -0.3 is 9.47 Å². The first kappa shape index (κ1) is 16.3. The Balaban J connectivity index is 1.90. The second kappa shape index (κ2) is 8.38. The van der Waals surface area contributed by atoms with Crippen LogP contribution in [0.2, 0.25) is 0 Å². The summed E-state index contributed by atoms with van der Waals surface area (Å²) in [4.78, 5) is 12.0. The van der Waals surface area contributed by atoms with Gasteiger partial charge in [0.05, 0.1) is 13.3 Å². The highest BCUT2D eigenvalue weighted by Crippen LogP contribution is 2.12. The molecule has 2 aromatic carbocycles. The van der Waals surface area contributed by atoms with E-state index in [4.69, 9.17) is 9.47 Å². The van der Waals surface area contributed by atoms with Crippen molar-refractivity contribution in [3.8, 4) is 11.5 Å². The van der Waals surface area contributed by atoms with Crippen molar-refractivity contribution in [2.24, 2.45) is 5.10 Å². The van der Waals surface area contributed by atoms with Crippen LogP contribution in [0.3, 0.4) is 0 Å². The highest BCUT2D eigenvalue weighted by atomic mass is 16.5. The molecule has 1 N–H and O–H groups in total. The van der Waals surface area contributed by atoms with E-state index in [0.29, 0.717) is 17.9 Å². The highest BCUT2D eigenvalue weighted by Gasteiger charge is 2.04. The maximum Gasteiger partial charge on any atom is 0.271 e. The normalized spacial score (nSPS) is 10.3. The molecule has 118 valence electrons. The molecule has 0 spiro atoms. The number of hydrogen-bond acceptors (Lipinski definition) is 4. The van der Waals surface area contributed by atoms with Crippen LogP contribution in [0.1, 0.15) is 15.9 Å². The van der Waals surface area contributed by atoms with Crippen LogP contribution in [0.4, 0.5) is 0 Å². The zero-order chi connectivity index (χ0) is 16.5. The number of nitrogens with one attached hydrogen (secondary N) is 1. The third-order valence-electron chi connectivity index (χ3n) is 2.98. The van der Waals surface area contributed by atoms with Crippen LogP contribution in [-0.2, 0) is 0 Å². The fourth-order valence-corrected chi connectivity index (χ4v) is 1.78. The van der Waals surface area contributed by atoms with Gasteiger partial charge in [-0.2, -0.15) is 5.10 Å².